The first kappa shape index (κ1) is 19.1. The van der Waals surface area contributed by atoms with Crippen LogP contribution in [0.2, 0.25) is 0 Å². The molecule has 9 heteroatoms. The molecule has 2 heterocycles. The van der Waals surface area contributed by atoms with Gasteiger partial charge in [0.2, 0.25) is 0 Å². The van der Waals surface area contributed by atoms with Crippen molar-refractivity contribution in [2.24, 2.45) is 0 Å². The predicted molar refractivity (Wildman–Crippen MR) is 95.7 cm³/mol. The quantitative estimate of drug-likeness (QED) is 0.728. The van der Waals surface area contributed by atoms with Crippen LogP contribution in [0.5, 0.6) is 0 Å². The van der Waals surface area contributed by atoms with Gasteiger partial charge in [0.25, 0.3) is 11.8 Å². The van der Waals surface area contributed by atoms with E-state index in [0.29, 0.717) is 26.2 Å². The highest BCUT2D eigenvalue weighted by Crippen LogP contribution is 2.22. The van der Waals surface area contributed by atoms with Gasteiger partial charge in [0.15, 0.2) is 0 Å². The summed E-state index contributed by atoms with van der Waals surface area (Å²) in [7, 11) is 1.41. The van der Waals surface area contributed by atoms with Gasteiger partial charge in [-0.15, -0.1) is 0 Å². The van der Waals surface area contributed by atoms with Crippen LogP contribution in [0.1, 0.15) is 13.3 Å². The smallest absolute Gasteiger partial charge is 0.322 e. The third-order valence-electron chi connectivity index (χ3n) is 5.04. The summed E-state index contributed by atoms with van der Waals surface area (Å²) >= 11 is 0. The number of rotatable bonds is 5. The lowest BCUT2D eigenvalue weighted by Gasteiger charge is -2.38. The lowest BCUT2D eigenvalue weighted by Crippen LogP contribution is -2.54. The van der Waals surface area contributed by atoms with Gasteiger partial charge in [0.1, 0.15) is 17.5 Å². The normalized spacial score (nSPS) is 23.8. The second-order valence-corrected chi connectivity index (χ2v) is 6.96. The average Bonchev–Trinajstić information content (AvgIpc) is 2.91. The summed E-state index contributed by atoms with van der Waals surface area (Å²) in [4.78, 5) is 39.9. The molecule has 27 heavy (non-hydrogen) atoms. The van der Waals surface area contributed by atoms with Crippen LogP contribution in [0, 0.1) is 5.82 Å². The highest BCUT2D eigenvalue weighted by atomic mass is 19.1. The van der Waals surface area contributed by atoms with E-state index < -0.39 is 23.6 Å². The molecule has 3 rings (SSSR count). The number of anilines is 1. The zero-order valence-corrected chi connectivity index (χ0v) is 15.3. The first-order chi connectivity index (χ1) is 12.8. The van der Waals surface area contributed by atoms with E-state index in [2.05, 4.69) is 10.6 Å². The Morgan fingerprint density at radius 3 is 2.56 bits per heavy atom. The summed E-state index contributed by atoms with van der Waals surface area (Å²) in [6.45, 7) is 3.63. The van der Waals surface area contributed by atoms with Gasteiger partial charge >= 0.3 is 6.03 Å². The van der Waals surface area contributed by atoms with Crippen molar-refractivity contribution in [1.82, 2.24) is 15.5 Å². The first-order valence-corrected chi connectivity index (χ1v) is 8.78. The van der Waals surface area contributed by atoms with Crippen LogP contribution in [0.15, 0.2) is 24.3 Å². The minimum absolute atomic E-state index is 0.0457. The van der Waals surface area contributed by atoms with Gasteiger partial charge in [0, 0.05) is 45.4 Å². The topological polar surface area (TPSA) is 91.0 Å². The second-order valence-electron chi connectivity index (χ2n) is 6.96. The zero-order chi connectivity index (χ0) is 19.6. The van der Waals surface area contributed by atoms with Crippen molar-refractivity contribution in [1.29, 1.82) is 0 Å². The highest BCUT2D eigenvalue weighted by molar-refractivity contribution is 6.07. The molecular formula is C18H23FN4O4. The van der Waals surface area contributed by atoms with Crippen LogP contribution in [0.3, 0.4) is 0 Å². The summed E-state index contributed by atoms with van der Waals surface area (Å²) in [5, 5.41) is 4.72. The van der Waals surface area contributed by atoms with Crippen molar-refractivity contribution in [2.75, 3.05) is 38.2 Å². The summed E-state index contributed by atoms with van der Waals surface area (Å²) in [6, 6.07) is 5.78. The highest BCUT2D eigenvalue weighted by Gasteiger charge is 2.45. The molecular weight excluding hydrogens is 355 g/mol. The summed E-state index contributed by atoms with van der Waals surface area (Å²) < 4.78 is 18.7. The SMILES string of the molecule is COC(CC1(C)NC(=O)NC1=O)C(=O)N1CCN(c2cccc(F)c2)CC1. The monoisotopic (exact) mass is 378 g/mol. The second kappa shape index (κ2) is 7.51. The van der Waals surface area contributed by atoms with E-state index in [1.807, 2.05) is 11.0 Å². The van der Waals surface area contributed by atoms with E-state index in [1.165, 1.54) is 19.2 Å². The molecule has 2 unspecified atom stereocenters. The molecule has 1 aromatic rings. The third kappa shape index (κ3) is 4.02. The maximum Gasteiger partial charge on any atom is 0.322 e. The van der Waals surface area contributed by atoms with Crippen molar-refractivity contribution >= 4 is 23.5 Å². The number of imide groups is 1. The fourth-order valence-electron chi connectivity index (χ4n) is 3.43. The zero-order valence-electron chi connectivity index (χ0n) is 15.3. The number of piperazine rings is 1. The van der Waals surface area contributed by atoms with E-state index in [0.717, 1.165) is 5.69 Å². The van der Waals surface area contributed by atoms with E-state index in [4.69, 9.17) is 4.74 Å². The lowest BCUT2D eigenvalue weighted by molar-refractivity contribution is -0.144. The number of methoxy groups -OCH3 is 1. The number of hydrogen-bond acceptors (Lipinski definition) is 5. The van der Waals surface area contributed by atoms with E-state index in [9.17, 15) is 18.8 Å². The maximum atomic E-state index is 13.4. The van der Waals surface area contributed by atoms with Gasteiger partial charge in [0.05, 0.1) is 0 Å². The Morgan fingerprint density at radius 1 is 1.30 bits per heavy atom. The van der Waals surface area contributed by atoms with Crippen molar-refractivity contribution < 1.29 is 23.5 Å². The Kier molecular flexibility index (Phi) is 5.31. The number of halogens is 1. The minimum Gasteiger partial charge on any atom is -0.372 e. The predicted octanol–water partition coefficient (Wildman–Crippen LogP) is 0.478. The van der Waals surface area contributed by atoms with Gasteiger partial charge in [-0.1, -0.05) is 6.07 Å². The van der Waals surface area contributed by atoms with E-state index in [-0.39, 0.29) is 18.1 Å². The lowest BCUT2D eigenvalue weighted by atomic mass is 9.93. The molecule has 146 valence electrons. The number of hydrogen-bond donors (Lipinski definition) is 2. The van der Waals surface area contributed by atoms with Crippen molar-refractivity contribution in [3.05, 3.63) is 30.1 Å². The van der Waals surface area contributed by atoms with Crippen LogP contribution < -0.4 is 15.5 Å². The van der Waals surface area contributed by atoms with Crippen LogP contribution >= 0.6 is 0 Å². The minimum atomic E-state index is -1.18. The molecule has 1 aromatic carbocycles. The average molecular weight is 378 g/mol. The summed E-state index contributed by atoms with van der Waals surface area (Å²) in [5.74, 6) is -1.000. The van der Waals surface area contributed by atoms with E-state index >= 15 is 0 Å². The maximum absolute atomic E-state index is 13.4. The number of ether oxygens (including phenoxy) is 1. The molecule has 0 aliphatic carbocycles. The van der Waals surface area contributed by atoms with Crippen molar-refractivity contribution in [2.45, 2.75) is 25.0 Å². The molecule has 0 radical (unpaired) electrons. The largest absolute Gasteiger partial charge is 0.372 e. The van der Waals surface area contributed by atoms with Crippen molar-refractivity contribution in [3.63, 3.8) is 0 Å². The van der Waals surface area contributed by atoms with Gasteiger partial charge in [-0.25, -0.2) is 9.18 Å². The van der Waals surface area contributed by atoms with Crippen molar-refractivity contribution in [3.8, 4) is 0 Å². The molecule has 0 spiro atoms. The van der Waals surface area contributed by atoms with Gasteiger partial charge in [-0.3, -0.25) is 14.9 Å². The molecule has 2 fully saturated rings. The molecule has 2 aliphatic heterocycles. The van der Waals surface area contributed by atoms with Crippen LogP contribution in [0.25, 0.3) is 0 Å². The Morgan fingerprint density at radius 2 is 2.00 bits per heavy atom. The number of amides is 4. The number of benzene rings is 1. The molecule has 2 atom stereocenters. The molecule has 0 saturated carbocycles. The Labute approximate surface area is 156 Å². The number of carbonyl (C=O) groups excluding carboxylic acids is 3. The van der Waals surface area contributed by atoms with Gasteiger partial charge in [-0.2, -0.15) is 0 Å². The fraction of sp³-hybridized carbons (Fsp3) is 0.500. The number of nitrogens with one attached hydrogen (secondary N) is 2. The number of nitrogens with zero attached hydrogens (tertiary/aromatic N) is 2. The standard InChI is InChI=1S/C18H23FN4O4/c1-18(16(25)20-17(26)21-18)11-14(27-2)15(24)23-8-6-22(7-9-23)13-5-3-4-12(19)10-13/h3-5,10,14H,6-9,11H2,1-2H3,(H2,20,21,25,26). The third-order valence-corrected chi connectivity index (χ3v) is 5.04. The molecule has 8 nitrogen and oxygen atoms in total. The Bertz CT molecular complexity index is 751. The summed E-state index contributed by atoms with van der Waals surface area (Å²) in [6.07, 6.45) is -0.802. The van der Waals surface area contributed by atoms with E-state index in [1.54, 1.807) is 17.9 Å². The molecule has 0 bridgehead atoms. The Hall–Kier alpha value is -2.68. The molecule has 2 N–H and O–H groups in total. The summed E-state index contributed by atoms with van der Waals surface area (Å²) in [5.41, 5.74) is -0.403. The van der Waals surface area contributed by atoms with Gasteiger partial charge in [-0.05, 0) is 25.1 Å². The molecule has 4 amide bonds. The fourth-order valence-corrected chi connectivity index (χ4v) is 3.43. The van der Waals surface area contributed by atoms with Gasteiger partial charge < -0.3 is 19.9 Å². The number of carbonyl (C=O) groups is 3. The van der Waals surface area contributed by atoms with Crippen LogP contribution in [0.4, 0.5) is 14.9 Å². The Balaban J connectivity index is 1.60. The first-order valence-electron chi connectivity index (χ1n) is 8.78. The molecule has 2 saturated heterocycles. The molecule has 2 aliphatic rings. The van der Waals surface area contributed by atoms with Crippen LogP contribution in [-0.4, -0.2) is 67.7 Å². The number of urea groups is 1. The molecule has 0 aromatic heterocycles. The van der Waals surface area contributed by atoms with Crippen LogP contribution in [-0.2, 0) is 14.3 Å².